The van der Waals surface area contributed by atoms with E-state index in [1.807, 2.05) is 50.4 Å². The van der Waals surface area contributed by atoms with Crippen LogP contribution in [0.25, 0.3) is 0 Å². The number of hydrogen-bond acceptors (Lipinski definition) is 4. The lowest BCUT2D eigenvalue weighted by molar-refractivity contribution is 0.287. The van der Waals surface area contributed by atoms with Crippen molar-refractivity contribution in [1.29, 1.82) is 0 Å². The maximum atomic E-state index is 5.93. The summed E-state index contributed by atoms with van der Waals surface area (Å²) in [6.07, 6.45) is 2.64. The van der Waals surface area contributed by atoms with Crippen molar-refractivity contribution in [3.8, 4) is 11.5 Å². The zero-order chi connectivity index (χ0) is 15.8. The van der Waals surface area contributed by atoms with Crippen molar-refractivity contribution in [2.24, 2.45) is 5.73 Å². The first-order valence-corrected chi connectivity index (χ1v) is 7.78. The maximum Gasteiger partial charge on any atom is 0.161 e. The van der Waals surface area contributed by atoms with Crippen LogP contribution in [0.4, 0.5) is 0 Å². The van der Waals surface area contributed by atoms with Gasteiger partial charge < -0.3 is 15.2 Å². The number of aromatic nitrogens is 1. The first-order chi connectivity index (χ1) is 10.8. The number of rotatable bonds is 8. The summed E-state index contributed by atoms with van der Waals surface area (Å²) in [4.78, 5) is 4.42. The molecule has 118 valence electrons. The van der Waals surface area contributed by atoms with Gasteiger partial charge in [-0.15, -0.1) is 0 Å². The highest BCUT2D eigenvalue weighted by Gasteiger charge is 2.14. The van der Waals surface area contributed by atoms with Gasteiger partial charge >= 0.3 is 0 Å². The van der Waals surface area contributed by atoms with Crippen molar-refractivity contribution < 1.29 is 9.47 Å². The number of nitrogens with zero attached hydrogens (tertiary/aromatic N) is 1. The summed E-state index contributed by atoms with van der Waals surface area (Å²) >= 11 is 0. The molecule has 0 radical (unpaired) electrons. The van der Waals surface area contributed by atoms with Crippen LogP contribution in [0.5, 0.6) is 11.5 Å². The third-order valence-electron chi connectivity index (χ3n) is 3.48. The Bertz CT molecular complexity index is 573. The van der Waals surface area contributed by atoms with Crippen LogP contribution in [0.15, 0.2) is 42.6 Å². The lowest BCUT2D eigenvalue weighted by atomic mass is 9.95. The highest BCUT2D eigenvalue weighted by molar-refractivity contribution is 5.43. The van der Waals surface area contributed by atoms with Crippen molar-refractivity contribution in [3.63, 3.8) is 0 Å². The van der Waals surface area contributed by atoms with Crippen LogP contribution in [0.2, 0.25) is 0 Å². The molecule has 1 unspecified atom stereocenters. The van der Waals surface area contributed by atoms with E-state index < -0.39 is 0 Å². The topological polar surface area (TPSA) is 57.4 Å². The molecule has 2 rings (SSSR count). The molecule has 0 amide bonds. The van der Waals surface area contributed by atoms with Crippen LogP contribution in [0, 0.1) is 0 Å². The highest BCUT2D eigenvalue weighted by Crippen LogP contribution is 2.30. The molecule has 2 N–H and O–H groups in total. The lowest BCUT2D eigenvalue weighted by Gasteiger charge is -2.16. The normalized spacial score (nSPS) is 12.0. The van der Waals surface area contributed by atoms with Gasteiger partial charge in [0.1, 0.15) is 0 Å². The van der Waals surface area contributed by atoms with Crippen LogP contribution in [0.3, 0.4) is 0 Å². The second-order valence-corrected chi connectivity index (χ2v) is 5.04. The van der Waals surface area contributed by atoms with Crippen LogP contribution in [-0.4, -0.2) is 24.7 Å². The van der Waals surface area contributed by atoms with Gasteiger partial charge in [0.05, 0.1) is 13.2 Å². The van der Waals surface area contributed by atoms with Gasteiger partial charge in [-0.05, 0) is 50.1 Å². The van der Waals surface area contributed by atoms with E-state index in [-0.39, 0.29) is 5.92 Å². The maximum absolute atomic E-state index is 5.93. The zero-order valence-electron chi connectivity index (χ0n) is 13.3. The van der Waals surface area contributed by atoms with E-state index in [1.165, 1.54) is 5.56 Å². The Morgan fingerprint density at radius 2 is 1.82 bits per heavy atom. The lowest BCUT2D eigenvalue weighted by Crippen LogP contribution is -2.16. The molecule has 0 aliphatic heterocycles. The Morgan fingerprint density at radius 3 is 2.45 bits per heavy atom. The molecular weight excluding hydrogens is 276 g/mol. The molecule has 0 aliphatic rings. The van der Waals surface area contributed by atoms with E-state index in [0.29, 0.717) is 19.8 Å². The van der Waals surface area contributed by atoms with Gasteiger partial charge in [0.15, 0.2) is 11.5 Å². The van der Waals surface area contributed by atoms with Gasteiger partial charge in [-0.3, -0.25) is 4.98 Å². The van der Waals surface area contributed by atoms with Gasteiger partial charge in [0, 0.05) is 24.4 Å². The van der Waals surface area contributed by atoms with Gasteiger partial charge in [-0.2, -0.15) is 0 Å². The molecule has 1 aromatic carbocycles. The molecule has 0 fully saturated rings. The number of nitrogens with two attached hydrogens (primary N) is 1. The Hall–Kier alpha value is -2.07. The molecule has 0 saturated heterocycles. The minimum Gasteiger partial charge on any atom is -0.490 e. The molecule has 22 heavy (non-hydrogen) atoms. The van der Waals surface area contributed by atoms with E-state index in [1.54, 1.807) is 0 Å². The summed E-state index contributed by atoms with van der Waals surface area (Å²) in [7, 11) is 0. The van der Waals surface area contributed by atoms with Crippen molar-refractivity contribution >= 4 is 0 Å². The number of ether oxygens (including phenoxy) is 2. The fourth-order valence-electron chi connectivity index (χ4n) is 2.43. The molecule has 0 bridgehead atoms. The first-order valence-electron chi connectivity index (χ1n) is 7.78. The summed E-state index contributed by atoms with van der Waals surface area (Å²) in [6.45, 7) is 5.74. The van der Waals surface area contributed by atoms with E-state index in [2.05, 4.69) is 11.1 Å². The summed E-state index contributed by atoms with van der Waals surface area (Å²) in [5.74, 6) is 1.78. The first kappa shape index (κ1) is 16.3. The minimum absolute atomic E-state index is 0.202. The quantitative estimate of drug-likeness (QED) is 0.813. The van der Waals surface area contributed by atoms with Crippen molar-refractivity contribution in [1.82, 2.24) is 4.98 Å². The van der Waals surface area contributed by atoms with Crippen molar-refractivity contribution in [3.05, 3.63) is 53.9 Å². The van der Waals surface area contributed by atoms with Crippen molar-refractivity contribution in [2.75, 3.05) is 19.8 Å². The molecule has 1 aromatic heterocycles. The molecule has 0 aliphatic carbocycles. The molecule has 4 heteroatoms. The van der Waals surface area contributed by atoms with Gasteiger partial charge in [-0.1, -0.05) is 12.1 Å². The van der Waals surface area contributed by atoms with E-state index >= 15 is 0 Å². The smallest absolute Gasteiger partial charge is 0.161 e. The summed E-state index contributed by atoms with van der Waals surface area (Å²) in [6, 6.07) is 12.0. The Kier molecular flexibility index (Phi) is 6.22. The second-order valence-electron chi connectivity index (χ2n) is 5.04. The fraction of sp³-hybridized carbons (Fsp3) is 0.389. The van der Waals surface area contributed by atoms with Crippen LogP contribution in [0.1, 0.15) is 31.0 Å². The highest BCUT2D eigenvalue weighted by atomic mass is 16.5. The second kappa shape index (κ2) is 8.39. The van der Waals surface area contributed by atoms with Gasteiger partial charge in [0.25, 0.3) is 0 Å². The Morgan fingerprint density at radius 1 is 1.05 bits per heavy atom. The van der Waals surface area contributed by atoms with Crippen molar-refractivity contribution in [2.45, 2.75) is 26.2 Å². The number of hydrogen-bond donors (Lipinski definition) is 1. The largest absolute Gasteiger partial charge is 0.490 e. The fourth-order valence-corrected chi connectivity index (χ4v) is 2.43. The SMILES string of the molecule is CCOc1ccc(CC(CN)c2ccccn2)cc1OCC. The molecule has 0 saturated carbocycles. The predicted molar refractivity (Wildman–Crippen MR) is 88.5 cm³/mol. The monoisotopic (exact) mass is 300 g/mol. The summed E-state index contributed by atoms with van der Waals surface area (Å²) in [5.41, 5.74) is 8.13. The number of benzene rings is 1. The molecule has 2 aromatic rings. The molecule has 1 heterocycles. The predicted octanol–water partition coefficient (Wildman–Crippen LogP) is 3.16. The summed E-state index contributed by atoms with van der Waals surface area (Å²) < 4.78 is 11.3. The summed E-state index contributed by atoms with van der Waals surface area (Å²) in [5, 5.41) is 0. The Balaban J connectivity index is 2.19. The third kappa shape index (κ3) is 4.21. The number of pyridine rings is 1. The van der Waals surface area contributed by atoms with E-state index in [4.69, 9.17) is 15.2 Å². The molecular formula is C18H24N2O2. The Labute approximate surface area is 132 Å². The van der Waals surface area contributed by atoms with Gasteiger partial charge in [-0.25, -0.2) is 0 Å². The molecule has 0 spiro atoms. The average Bonchev–Trinajstić information content (AvgIpc) is 2.56. The molecule has 1 atom stereocenters. The van der Waals surface area contributed by atoms with Crippen LogP contribution >= 0.6 is 0 Å². The zero-order valence-corrected chi connectivity index (χ0v) is 13.3. The van der Waals surface area contributed by atoms with Gasteiger partial charge in [0.2, 0.25) is 0 Å². The average molecular weight is 300 g/mol. The minimum atomic E-state index is 0.202. The van der Waals surface area contributed by atoms with Crippen LogP contribution in [-0.2, 0) is 6.42 Å². The van der Waals surface area contributed by atoms with E-state index in [9.17, 15) is 0 Å². The van der Waals surface area contributed by atoms with E-state index in [0.717, 1.165) is 23.6 Å². The standard InChI is InChI=1S/C18H24N2O2/c1-3-21-17-9-8-14(12-18(17)22-4-2)11-15(13-19)16-7-5-6-10-20-16/h5-10,12,15H,3-4,11,13,19H2,1-2H3. The van der Waals surface area contributed by atoms with Crippen LogP contribution < -0.4 is 15.2 Å². The third-order valence-corrected chi connectivity index (χ3v) is 3.48. The molecule has 4 nitrogen and oxygen atoms in total.